The van der Waals surface area contributed by atoms with Crippen LogP contribution in [0.5, 0.6) is 0 Å². The molecular formula is C12H11FO2. The Balaban J connectivity index is 1.83. The first-order valence-electron chi connectivity index (χ1n) is 4.73. The Hall–Kier alpha value is -1.37. The molecule has 1 aliphatic heterocycles. The van der Waals surface area contributed by atoms with Crippen molar-refractivity contribution in [1.29, 1.82) is 0 Å². The lowest BCUT2D eigenvalue weighted by Crippen LogP contribution is -2.02. The van der Waals surface area contributed by atoms with E-state index in [0.717, 1.165) is 5.56 Å². The van der Waals surface area contributed by atoms with E-state index in [0.29, 0.717) is 13.2 Å². The van der Waals surface area contributed by atoms with Crippen molar-refractivity contribution in [3.63, 3.8) is 0 Å². The lowest BCUT2D eigenvalue weighted by Gasteiger charge is -1.96. The first-order chi connectivity index (χ1) is 7.31. The quantitative estimate of drug-likeness (QED) is 0.426. The average Bonchev–Trinajstić information content (AvgIpc) is 2.99. The van der Waals surface area contributed by atoms with E-state index in [2.05, 4.69) is 5.92 Å². The summed E-state index contributed by atoms with van der Waals surface area (Å²) in [5, 5.41) is 0. The lowest BCUT2D eigenvalue weighted by molar-refractivity contribution is 0.145. The molecule has 0 aliphatic carbocycles. The van der Waals surface area contributed by atoms with Gasteiger partial charge in [0.05, 0.1) is 6.61 Å². The molecule has 0 amide bonds. The number of hydrogen-bond acceptors (Lipinski definition) is 2. The van der Waals surface area contributed by atoms with Crippen LogP contribution < -0.4 is 0 Å². The Bertz CT molecular complexity index is 366. The molecule has 78 valence electrons. The highest BCUT2D eigenvalue weighted by Gasteiger charge is 2.40. The van der Waals surface area contributed by atoms with Crippen molar-refractivity contribution in [3.05, 3.63) is 35.6 Å². The number of terminal acetylenes is 1. The van der Waals surface area contributed by atoms with Gasteiger partial charge in [0, 0.05) is 0 Å². The molecule has 2 nitrogen and oxygen atoms in total. The van der Waals surface area contributed by atoms with E-state index in [1.165, 1.54) is 12.1 Å². The van der Waals surface area contributed by atoms with Gasteiger partial charge in [-0.15, -0.1) is 6.42 Å². The zero-order valence-electron chi connectivity index (χ0n) is 8.15. The molecule has 1 aliphatic rings. The molecule has 0 aromatic heterocycles. The standard InChI is InChI=1S/C12H11FO2/c1-2-7-14-8-11-12(15-11)9-3-5-10(13)6-4-9/h1,3-6,11-12H,7-8H2/t11-,12+/m0/s1. The van der Waals surface area contributed by atoms with Crippen LogP contribution >= 0.6 is 0 Å². The predicted molar refractivity (Wildman–Crippen MR) is 53.7 cm³/mol. The minimum Gasteiger partial charge on any atom is -0.366 e. The monoisotopic (exact) mass is 206 g/mol. The number of epoxide rings is 1. The molecule has 1 aromatic rings. The van der Waals surface area contributed by atoms with Gasteiger partial charge in [-0.2, -0.15) is 0 Å². The highest BCUT2D eigenvalue weighted by Crippen LogP contribution is 2.38. The highest BCUT2D eigenvalue weighted by atomic mass is 19.1. The van der Waals surface area contributed by atoms with Crippen LogP contribution in [0, 0.1) is 18.2 Å². The van der Waals surface area contributed by atoms with Crippen molar-refractivity contribution >= 4 is 0 Å². The lowest BCUT2D eigenvalue weighted by atomic mass is 10.1. The molecule has 1 heterocycles. The molecule has 2 atom stereocenters. The maximum absolute atomic E-state index is 12.6. The molecule has 1 saturated heterocycles. The summed E-state index contributed by atoms with van der Waals surface area (Å²) < 4.78 is 23.1. The van der Waals surface area contributed by atoms with Crippen LogP contribution in [0.15, 0.2) is 24.3 Å². The second kappa shape index (κ2) is 4.43. The molecular weight excluding hydrogens is 195 g/mol. The van der Waals surface area contributed by atoms with Crippen LogP contribution in [0.3, 0.4) is 0 Å². The van der Waals surface area contributed by atoms with Gasteiger partial charge in [-0.25, -0.2) is 4.39 Å². The average molecular weight is 206 g/mol. The number of rotatable bonds is 4. The number of ether oxygens (including phenoxy) is 2. The number of halogens is 1. The Kier molecular flexibility index (Phi) is 3.00. The maximum Gasteiger partial charge on any atom is 0.123 e. The molecule has 0 spiro atoms. The van der Waals surface area contributed by atoms with E-state index in [-0.39, 0.29) is 18.0 Å². The second-order valence-electron chi connectivity index (χ2n) is 3.37. The van der Waals surface area contributed by atoms with Gasteiger partial charge >= 0.3 is 0 Å². The third-order valence-corrected chi connectivity index (χ3v) is 2.25. The van der Waals surface area contributed by atoms with E-state index in [1.807, 2.05) is 0 Å². The minimum absolute atomic E-state index is 0.0309. The molecule has 15 heavy (non-hydrogen) atoms. The van der Waals surface area contributed by atoms with Gasteiger partial charge in [0.15, 0.2) is 0 Å². The second-order valence-corrected chi connectivity index (χ2v) is 3.37. The van der Waals surface area contributed by atoms with Gasteiger partial charge < -0.3 is 9.47 Å². The summed E-state index contributed by atoms with van der Waals surface area (Å²) in [6.45, 7) is 0.794. The van der Waals surface area contributed by atoms with Crippen molar-refractivity contribution < 1.29 is 13.9 Å². The predicted octanol–water partition coefficient (Wildman–Crippen LogP) is 1.92. The number of hydrogen-bond donors (Lipinski definition) is 0. The van der Waals surface area contributed by atoms with E-state index in [1.54, 1.807) is 12.1 Å². The first kappa shape index (κ1) is 10.2. The Morgan fingerprint density at radius 1 is 1.40 bits per heavy atom. The highest BCUT2D eigenvalue weighted by molar-refractivity contribution is 5.23. The molecule has 0 bridgehead atoms. The SMILES string of the molecule is C#CCOC[C@@H]1O[C@@H]1c1ccc(F)cc1. The Morgan fingerprint density at radius 3 is 2.80 bits per heavy atom. The van der Waals surface area contributed by atoms with Crippen LogP contribution in [-0.2, 0) is 9.47 Å². The summed E-state index contributed by atoms with van der Waals surface area (Å²) in [6.07, 6.45) is 5.13. The summed E-state index contributed by atoms with van der Waals surface area (Å²) in [7, 11) is 0. The normalized spacial score (nSPS) is 23.5. The molecule has 0 unspecified atom stereocenters. The van der Waals surface area contributed by atoms with Gasteiger partial charge in [-0.1, -0.05) is 18.1 Å². The van der Waals surface area contributed by atoms with Crippen molar-refractivity contribution in [2.45, 2.75) is 12.2 Å². The fraction of sp³-hybridized carbons (Fsp3) is 0.333. The molecule has 3 heteroatoms. The van der Waals surface area contributed by atoms with E-state index < -0.39 is 0 Å². The Morgan fingerprint density at radius 2 is 2.13 bits per heavy atom. The first-order valence-corrected chi connectivity index (χ1v) is 4.73. The van der Waals surface area contributed by atoms with Gasteiger partial charge in [0.2, 0.25) is 0 Å². The summed E-state index contributed by atoms with van der Waals surface area (Å²) in [6, 6.07) is 6.30. The van der Waals surface area contributed by atoms with Crippen molar-refractivity contribution in [2.75, 3.05) is 13.2 Å². The molecule has 0 radical (unpaired) electrons. The summed E-state index contributed by atoms with van der Waals surface area (Å²) in [5.74, 6) is 2.15. The van der Waals surface area contributed by atoms with E-state index >= 15 is 0 Å². The summed E-state index contributed by atoms with van der Waals surface area (Å²) >= 11 is 0. The van der Waals surface area contributed by atoms with Gasteiger partial charge in [-0.05, 0) is 17.7 Å². The zero-order chi connectivity index (χ0) is 10.7. The van der Waals surface area contributed by atoms with E-state index in [9.17, 15) is 4.39 Å². The fourth-order valence-electron chi connectivity index (χ4n) is 1.45. The maximum atomic E-state index is 12.6. The molecule has 1 fully saturated rings. The fourth-order valence-corrected chi connectivity index (χ4v) is 1.45. The minimum atomic E-state index is -0.237. The van der Waals surface area contributed by atoms with Crippen LogP contribution in [0.2, 0.25) is 0 Å². The topological polar surface area (TPSA) is 21.8 Å². The number of benzene rings is 1. The van der Waals surface area contributed by atoms with Crippen molar-refractivity contribution in [2.24, 2.45) is 0 Å². The molecule has 2 rings (SSSR count). The zero-order valence-corrected chi connectivity index (χ0v) is 8.15. The third-order valence-electron chi connectivity index (χ3n) is 2.25. The van der Waals surface area contributed by atoms with Gasteiger partial charge in [0.25, 0.3) is 0 Å². The van der Waals surface area contributed by atoms with Crippen LogP contribution in [0.1, 0.15) is 11.7 Å². The van der Waals surface area contributed by atoms with Crippen LogP contribution in [0.25, 0.3) is 0 Å². The Labute approximate surface area is 88.0 Å². The van der Waals surface area contributed by atoms with Crippen LogP contribution in [0.4, 0.5) is 4.39 Å². The smallest absolute Gasteiger partial charge is 0.123 e. The molecule has 0 N–H and O–H groups in total. The summed E-state index contributed by atoms with van der Waals surface area (Å²) in [4.78, 5) is 0. The van der Waals surface area contributed by atoms with E-state index in [4.69, 9.17) is 15.9 Å². The molecule has 0 saturated carbocycles. The summed E-state index contributed by atoms with van der Waals surface area (Å²) in [5.41, 5.74) is 0.978. The largest absolute Gasteiger partial charge is 0.366 e. The van der Waals surface area contributed by atoms with Crippen molar-refractivity contribution in [3.8, 4) is 12.3 Å². The third kappa shape index (κ3) is 2.56. The van der Waals surface area contributed by atoms with Crippen LogP contribution in [-0.4, -0.2) is 19.3 Å². The van der Waals surface area contributed by atoms with Gasteiger partial charge in [0.1, 0.15) is 24.6 Å². The van der Waals surface area contributed by atoms with Crippen molar-refractivity contribution in [1.82, 2.24) is 0 Å². The van der Waals surface area contributed by atoms with Gasteiger partial charge in [-0.3, -0.25) is 0 Å². The molecule has 1 aromatic carbocycles.